The number of ether oxygens (including phenoxy) is 2. The summed E-state index contributed by atoms with van der Waals surface area (Å²) < 4.78 is 14.4. The van der Waals surface area contributed by atoms with E-state index in [1.165, 1.54) is 20.3 Å². The van der Waals surface area contributed by atoms with Gasteiger partial charge < -0.3 is 13.9 Å². The topological polar surface area (TPSA) is 48.7 Å². The van der Waals surface area contributed by atoms with Crippen LogP contribution in [0, 0.1) is 0 Å². The minimum absolute atomic E-state index is 0.178. The van der Waals surface area contributed by atoms with E-state index in [0.717, 1.165) is 0 Å². The molecule has 0 spiro atoms. The lowest BCUT2D eigenvalue weighted by atomic mass is 10.4. The summed E-state index contributed by atoms with van der Waals surface area (Å²) in [6, 6.07) is 1.46. The Bertz CT molecular complexity index is 251. The van der Waals surface area contributed by atoms with E-state index in [4.69, 9.17) is 13.9 Å². The van der Waals surface area contributed by atoms with Crippen LogP contribution in [0.2, 0.25) is 0 Å². The van der Waals surface area contributed by atoms with Crippen LogP contribution in [-0.2, 0) is 0 Å². The molecule has 1 aromatic rings. The third-order valence-corrected chi connectivity index (χ3v) is 1.22. The minimum Gasteiger partial charge on any atom is -0.468 e. The molecule has 0 unspecified atom stereocenters. The molecule has 0 N–H and O–H groups in total. The van der Waals surface area contributed by atoms with Crippen LogP contribution in [0.1, 0.15) is 10.4 Å². The van der Waals surface area contributed by atoms with Crippen LogP contribution in [0.3, 0.4) is 0 Å². The Labute approximate surface area is 63.7 Å². The van der Waals surface area contributed by atoms with Gasteiger partial charge in [-0.15, -0.1) is 0 Å². The van der Waals surface area contributed by atoms with E-state index in [-0.39, 0.29) is 11.9 Å². The number of aldehydes is 1. The van der Waals surface area contributed by atoms with Crippen LogP contribution in [0.25, 0.3) is 0 Å². The van der Waals surface area contributed by atoms with Crippen LogP contribution in [0.5, 0.6) is 11.9 Å². The highest BCUT2D eigenvalue weighted by atomic mass is 16.6. The van der Waals surface area contributed by atoms with Gasteiger partial charge in [-0.1, -0.05) is 0 Å². The molecule has 0 fully saturated rings. The fourth-order valence-electron chi connectivity index (χ4n) is 0.708. The summed E-state index contributed by atoms with van der Waals surface area (Å²) in [5.74, 6) is 0.445. The van der Waals surface area contributed by atoms with Gasteiger partial charge >= 0.3 is 0 Å². The standard InChI is InChI=1S/C7H8O4/c1-9-6-3-5(4-8)7(10-2)11-6/h3-4H,1-2H3. The summed E-state index contributed by atoms with van der Waals surface area (Å²) in [5.41, 5.74) is 0.351. The molecule has 0 atom stereocenters. The van der Waals surface area contributed by atoms with Crippen molar-refractivity contribution in [3.63, 3.8) is 0 Å². The first-order chi connectivity index (χ1) is 5.31. The molecule has 0 aliphatic heterocycles. The zero-order valence-electron chi connectivity index (χ0n) is 6.29. The molecular formula is C7H8O4. The first-order valence-electron chi connectivity index (χ1n) is 2.98. The lowest BCUT2D eigenvalue weighted by Gasteiger charge is -1.92. The Morgan fingerprint density at radius 3 is 2.55 bits per heavy atom. The molecule has 60 valence electrons. The van der Waals surface area contributed by atoms with Crippen LogP contribution < -0.4 is 9.47 Å². The fourth-order valence-corrected chi connectivity index (χ4v) is 0.708. The molecule has 1 aromatic heterocycles. The SMILES string of the molecule is COc1cc(C=O)c(OC)o1. The summed E-state index contributed by atoms with van der Waals surface area (Å²) in [4.78, 5) is 10.3. The quantitative estimate of drug-likeness (QED) is 0.615. The highest BCUT2D eigenvalue weighted by molar-refractivity contribution is 5.78. The van der Waals surface area contributed by atoms with Gasteiger partial charge in [0.2, 0.25) is 0 Å². The van der Waals surface area contributed by atoms with Crippen molar-refractivity contribution in [3.05, 3.63) is 11.6 Å². The third-order valence-electron chi connectivity index (χ3n) is 1.22. The normalized spacial score (nSPS) is 9.27. The number of hydrogen-bond acceptors (Lipinski definition) is 4. The van der Waals surface area contributed by atoms with Gasteiger partial charge in [-0.2, -0.15) is 0 Å². The summed E-state index contributed by atoms with van der Waals surface area (Å²) in [6.07, 6.45) is 0.644. The zero-order valence-corrected chi connectivity index (χ0v) is 6.29. The number of carbonyl (C=O) groups is 1. The van der Waals surface area contributed by atoms with Crippen molar-refractivity contribution in [3.8, 4) is 11.9 Å². The number of methoxy groups -OCH3 is 2. The molecule has 0 saturated carbocycles. The molecule has 1 rings (SSSR count). The third kappa shape index (κ3) is 1.34. The van der Waals surface area contributed by atoms with Gasteiger partial charge in [0.05, 0.1) is 14.2 Å². The van der Waals surface area contributed by atoms with Crippen LogP contribution in [0.15, 0.2) is 10.5 Å². The fraction of sp³-hybridized carbons (Fsp3) is 0.286. The van der Waals surface area contributed by atoms with Gasteiger partial charge in [0.25, 0.3) is 11.9 Å². The smallest absolute Gasteiger partial charge is 0.298 e. The molecule has 11 heavy (non-hydrogen) atoms. The van der Waals surface area contributed by atoms with E-state index < -0.39 is 0 Å². The van der Waals surface area contributed by atoms with Crippen molar-refractivity contribution < 1.29 is 18.7 Å². The maximum absolute atomic E-state index is 10.3. The number of hydrogen-bond donors (Lipinski definition) is 0. The Hall–Kier alpha value is -1.45. The average Bonchev–Trinajstić information content (AvgIpc) is 2.46. The Morgan fingerprint density at radius 1 is 1.45 bits per heavy atom. The second-order valence-corrected chi connectivity index (χ2v) is 1.83. The van der Waals surface area contributed by atoms with Gasteiger partial charge in [-0.3, -0.25) is 4.79 Å². The second kappa shape index (κ2) is 3.09. The van der Waals surface area contributed by atoms with Crippen LogP contribution in [0.4, 0.5) is 0 Å². The molecular weight excluding hydrogens is 148 g/mol. The van der Waals surface area contributed by atoms with Crippen LogP contribution >= 0.6 is 0 Å². The molecule has 0 amide bonds. The molecule has 4 nitrogen and oxygen atoms in total. The largest absolute Gasteiger partial charge is 0.468 e. The molecule has 0 radical (unpaired) electrons. The number of furan rings is 1. The molecule has 0 aromatic carbocycles. The molecule has 1 heterocycles. The first kappa shape index (κ1) is 7.65. The molecule has 0 aliphatic rings. The van der Waals surface area contributed by atoms with Gasteiger partial charge in [0.1, 0.15) is 5.56 Å². The van der Waals surface area contributed by atoms with E-state index in [1.807, 2.05) is 0 Å². The molecule has 0 saturated heterocycles. The van der Waals surface area contributed by atoms with Crippen molar-refractivity contribution in [1.82, 2.24) is 0 Å². The van der Waals surface area contributed by atoms with Gasteiger partial charge in [-0.05, 0) is 0 Å². The summed E-state index contributed by atoms with van der Waals surface area (Å²) in [5, 5.41) is 0. The van der Waals surface area contributed by atoms with Crippen molar-refractivity contribution in [2.24, 2.45) is 0 Å². The summed E-state index contributed by atoms with van der Waals surface area (Å²) in [7, 11) is 2.87. The maximum Gasteiger partial charge on any atom is 0.298 e. The predicted molar refractivity (Wildman–Crippen MR) is 37.2 cm³/mol. The number of carbonyl (C=O) groups excluding carboxylic acids is 1. The number of rotatable bonds is 3. The van der Waals surface area contributed by atoms with E-state index in [2.05, 4.69) is 0 Å². The van der Waals surface area contributed by atoms with Crippen molar-refractivity contribution in [1.29, 1.82) is 0 Å². The van der Waals surface area contributed by atoms with Crippen molar-refractivity contribution in [2.45, 2.75) is 0 Å². The lowest BCUT2D eigenvalue weighted by Crippen LogP contribution is -1.83. The van der Waals surface area contributed by atoms with E-state index in [0.29, 0.717) is 11.8 Å². The van der Waals surface area contributed by atoms with Gasteiger partial charge in [0.15, 0.2) is 6.29 Å². The highest BCUT2D eigenvalue weighted by Crippen LogP contribution is 2.26. The van der Waals surface area contributed by atoms with E-state index in [1.54, 1.807) is 0 Å². The lowest BCUT2D eigenvalue weighted by molar-refractivity contribution is 0.111. The van der Waals surface area contributed by atoms with Crippen LogP contribution in [-0.4, -0.2) is 20.5 Å². The van der Waals surface area contributed by atoms with Crippen molar-refractivity contribution in [2.75, 3.05) is 14.2 Å². The zero-order chi connectivity index (χ0) is 8.27. The Morgan fingerprint density at radius 2 is 2.18 bits per heavy atom. The maximum atomic E-state index is 10.3. The van der Waals surface area contributed by atoms with Gasteiger partial charge in [0, 0.05) is 6.07 Å². The second-order valence-electron chi connectivity index (χ2n) is 1.83. The van der Waals surface area contributed by atoms with Gasteiger partial charge in [-0.25, -0.2) is 0 Å². The Balaban J connectivity index is 3.01. The first-order valence-corrected chi connectivity index (χ1v) is 2.98. The predicted octanol–water partition coefficient (Wildman–Crippen LogP) is 1.11. The average molecular weight is 156 g/mol. The molecule has 0 aliphatic carbocycles. The summed E-state index contributed by atoms with van der Waals surface area (Å²) in [6.45, 7) is 0. The van der Waals surface area contributed by atoms with E-state index >= 15 is 0 Å². The van der Waals surface area contributed by atoms with E-state index in [9.17, 15) is 4.79 Å². The summed E-state index contributed by atoms with van der Waals surface area (Å²) >= 11 is 0. The monoisotopic (exact) mass is 156 g/mol. The molecule has 4 heteroatoms. The molecule has 0 bridgehead atoms. The Kier molecular flexibility index (Phi) is 2.15. The highest BCUT2D eigenvalue weighted by Gasteiger charge is 2.10. The van der Waals surface area contributed by atoms with Crippen molar-refractivity contribution >= 4 is 6.29 Å². The minimum atomic E-state index is 0.178.